The van der Waals surface area contributed by atoms with E-state index in [9.17, 15) is 14.1 Å². The highest BCUT2D eigenvalue weighted by Gasteiger charge is 2.14. The molecule has 2 N–H and O–H groups in total. The number of hydrogen-bond acceptors (Lipinski definition) is 5. The number of carbonyl (C=O) groups is 2. The van der Waals surface area contributed by atoms with E-state index < -0.39 is 11.2 Å². The molecule has 0 aliphatic heterocycles. The van der Waals surface area contributed by atoms with Crippen LogP contribution in [-0.2, 0) is 16.0 Å². The second-order valence-electron chi connectivity index (χ2n) is 5.39. The minimum Gasteiger partial charge on any atom is -0.616 e. The summed E-state index contributed by atoms with van der Waals surface area (Å²) in [6, 6.07) is 12.6. The third-order valence-corrected chi connectivity index (χ3v) is 4.55. The number of rotatable bonds is 11. The van der Waals surface area contributed by atoms with Crippen LogP contribution in [0.4, 0.5) is 0 Å². The highest BCUT2D eigenvalue weighted by molar-refractivity contribution is 7.92. The smallest absolute Gasteiger partial charge is 0.287 e. The number of nitrogens with one attached hydrogen (secondary N) is 2. The van der Waals surface area contributed by atoms with Crippen LogP contribution in [0.2, 0.25) is 0 Å². The molecule has 7 nitrogen and oxygen atoms in total. The molecule has 8 heteroatoms. The Labute approximate surface area is 155 Å². The molecule has 0 saturated heterocycles. The second kappa shape index (κ2) is 11.2. The SMILES string of the molecule is O=C(C[S+]([O-])CCNC(=O)c1ccco1)NCCCOc1ccccc1. The Morgan fingerprint density at radius 3 is 2.62 bits per heavy atom. The number of furan rings is 1. The van der Waals surface area contributed by atoms with Crippen molar-refractivity contribution in [3.8, 4) is 5.75 Å². The van der Waals surface area contributed by atoms with E-state index in [1.165, 1.54) is 6.26 Å². The summed E-state index contributed by atoms with van der Waals surface area (Å²) in [6.07, 6.45) is 2.06. The van der Waals surface area contributed by atoms with Crippen LogP contribution in [0.3, 0.4) is 0 Å². The molecule has 2 rings (SSSR count). The van der Waals surface area contributed by atoms with Gasteiger partial charge in [-0.3, -0.25) is 9.59 Å². The van der Waals surface area contributed by atoms with Crippen LogP contribution < -0.4 is 15.4 Å². The van der Waals surface area contributed by atoms with Gasteiger partial charge >= 0.3 is 0 Å². The van der Waals surface area contributed by atoms with Gasteiger partial charge in [-0.05, 0) is 41.9 Å². The molecule has 2 amide bonds. The monoisotopic (exact) mass is 378 g/mol. The fourth-order valence-electron chi connectivity index (χ4n) is 2.05. The Morgan fingerprint density at radius 1 is 1.08 bits per heavy atom. The minimum atomic E-state index is -1.34. The van der Waals surface area contributed by atoms with Gasteiger partial charge in [0.15, 0.2) is 11.5 Å². The van der Waals surface area contributed by atoms with Gasteiger partial charge in [0.1, 0.15) is 11.5 Å². The van der Waals surface area contributed by atoms with Crippen molar-refractivity contribution >= 4 is 23.0 Å². The molecule has 1 aromatic carbocycles. The van der Waals surface area contributed by atoms with Crippen LogP contribution in [0.15, 0.2) is 53.1 Å². The summed E-state index contributed by atoms with van der Waals surface area (Å²) in [5.74, 6) is 0.464. The lowest BCUT2D eigenvalue weighted by molar-refractivity contribution is -0.118. The number of amides is 2. The van der Waals surface area contributed by atoms with Crippen molar-refractivity contribution < 1.29 is 23.3 Å². The van der Waals surface area contributed by atoms with E-state index in [1.807, 2.05) is 30.3 Å². The Bertz CT molecular complexity index is 663. The average molecular weight is 378 g/mol. The molecular formula is C18H22N2O5S. The van der Waals surface area contributed by atoms with Crippen LogP contribution in [-0.4, -0.2) is 47.6 Å². The Hall–Kier alpha value is -2.45. The van der Waals surface area contributed by atoms with Gasteiger partial charge in [-0.15, -0.1) is 0 Å². The first-order valence-electron chi connectivity index (χ1n) is 8.26. The van der Waals surface area contributed by atoms with Crippen molar-refractivity contribution in [3.63, 3.8) is 0 Å². The van der Waals surface area contributed by atoms with E-state index in [-0.39, 0.29) is 35.6 Å². The van der Waals surface area contributed by atoms with Crippen LogP contribution in [0, 0.1) is 0 Å². The Kier molecular flexibility index (Phi) is 8.57. The maximum Gasteiger partial charge on any atom is 0.287 e. The van der Waals surface area contributed by atoms with Gasteiger partial charge in [0, 0.05) is 6.54 Å². The molecule has 26 heavy (non-hydrogen) atoms. The number of para-hydroxylation sites is 1. The molecule has 1 aromatic heterocycles. The zero-order valence-electron chi connectivity index (χ0n) is 14.3. The first kappa shape index (κ1) is 19.9. The molecule has 1 atom stereocenters. The van der Waals surface area contributed by atoms with Crippen molar-refractivity contribution in [2.75, 3.05) is 31.2 Å². The normalized spacial score (nSPS) is 11.6. The third kappa shape index (κ3) is 7.62. The summed E-state index contributed by atoms with van der Waals surface area (Å²) in [7, 11) is 0. The fraction of sp³-hybridized carbons (Fsp3) is 0.333. The lowest BCUT2D eigenvalue weighted by Crippen LogP contribution is -2.35. The van der Waals surface area contributed by atoms with Crippen LogP contribution in [0.1, 0.15) is 17.0 Å². The van der Waals surface area contributed by atoms with E-state index in [2.05, 4.69) is 10.6 Å². The summed E-state index contributed by atoms with van der Waals surface area (Å²) in [5.41, 5.74) is 0. The van der Waals surface area contributed by atoms with Crippen molar-refractivity contribution in [2.24, 2.45) is 0 Å². The van der Waals surface area contributed by atoms with Gasteiger partial charge in [0.05, 0.1) is 19.4 Å². The summed E-state index contributed by atoms with van der Waals surface area (Å²) >= 11 is -1.34. The van der Waals surface area contributed by atoms with E-state index >= 15 is 0 Å². The number of hydrogen-bond donors (Lipinski definition) is 2. The van der Waals surface area contributed by atoms with E-state index in [4.69, 9.17) is 9.15 Å². The van der Waals surface area contributed by atoms with E-state index in [0.717, 1.165) is 5.75 Å². The topological polar surface area (TPSA) is 104 Å². The first-order chi connectivity index (χ1) is 12.6. The van der Waals surface area contributed by atoms with Gasteiger partial charge in [-0.25, -0.2) is 0 Å². The molecule has 1 unspecified atom stereocenters. The highest BCUT2D eigenvalue weighted by atomic mass is 32.2. The average Bonchev–Trinajstić information content (AvgIpc) is 3.17. The molecular weight excluding hydrogens is 356 g/mol. The van der Waals surface area contributed by atoms with Gasteiger partial charge < -0.3 is 24.3 Å². The van der Waals surface area contributed by atoms with Crippen LogP contribution >= 0.6 is 0 Å². The maximum atomic E-state index is 11.8. The molecule has 2 aromatic rings. The largest absolute Gasteiger partial charge is 0.616 e. The molecule has 140 valence electrons. The van der Waals surface area contributed by atoms with Crippen molar-refractivity contribution in [1.29, 1.82) is 0 Å². The number of carbonyl (C=O) groups excluding carboxylic acids is 2. The van der Waals surface area contributed by atoms with Gasteiger partial charge in [-0.1, -0.05) is 18.2 Å². The quantitative estimate of drug-likeness (QED) is 0.454. The predicted molar refractivity (Wildman–Crippen MR) is 98.5 cm³/mol. The van der Waals surface area contributed by atoms with E-state index in [0.29, 0.717) is 19.6 Å². The molecule has 0 aliphatic carbocycles. The highest BCUT2D eigenvalue weighted by Crippen LogP contribution is 2.08. The van der Waals surface area contributed by atoms with Crippen molar-refractivity contribution in [3.05, 3.63) is 54.5 Å². The number of benzene rings is 1. The van der Waals surface area contributed by atoms with Gasteiger partial charge in [0.25, 0.3) is 11.8 Å². The second-order valence-corrected chi connectivity index (χ2v) is 6.96. The number of ether oxygens (including phenoxy) is 1. The first-order valence-corrected chi connectivity index (χ1v) is 9.75. The maximum absolute atomic E-state index is 11.8. The molecule has 0 radical (unpaired) electrons. The van der Waals surface area contributed by atoms with Gasteiger partial charge in [-0.2, -0.15) is 0 Å². The molecule has 0 saturated carbocycles. The molecule has 0 spiro atoms. The minimum absolute atomic E-state index is 0.0871. The summed E-state index contributed by atoms with van der Waals surface area (Å²) in [5, 5.41) is 5.30. The standard InChI is InChI=1S/C18H22N2O5S/c21-17(19-9-5-12-24-15-6-2-1-3-7-15)14-26(23)13-10-20-18(22)16-8-4-11-25-16/h1-4,6-8,11H,5,9-10,12-14H2,(H,19,21)(H,20,22). The fourth-order valence-corrected chi connectivity index (χ4v) is 2.92. The summed E-state index contributed by atoms with van der Waals surface area (Å²) in [4.78, 5) is 23.3. The lowest BCUT2D eigenvalue weighted by Gasteiger charge is -2.11. The lowest BCUT2D eigenvalue weighted by atomic mass is 10.3. The summed E-state index contributed by atoms with van der Waals surface area (Å²) in [6.45, 7) is 1.16. The molecule has 0 bridgehead atoms. The Balaban J connectivity index is 1.49. The molecule has 0 fully saturated rings. The zero-order valence-corrected chi connectivity index (χ0v) is 15.1. The predicted octanol–water partition coefficient (Wildman–Crippen LogP) is 1.34. The summed E-state index contributed by atoms with van der Waals surface area (Å²) < 4.78 is 22.3. The third-order valence-electron chi connectivity index (χ3n) is 3.31. The van der Waals surface area contributed by atoms with E-state index in [1.54, 1.807) is 12.1 Å². The Morgan fingerprint density at radius 2 is 1.88 bits per heavy atom. The van der Waals surface area contributed by atoms with Gasteiger partial charge in [0.2, 0.25) is 0 Å². The van der Waals surface area contributed by atoms with Crippen LogP contribution in [0.5, 0.6) is 5.75 Å². The van der Waals surface area contributed by atoms with Crippen LogP contribution in [0.25, 0.3) is 0 Å². The zero-order chi connectivity index (χ0) is 18.6. The molecule has 0 aliphatic rings. The van der Waals surface area contributed by atoms with Crippen molar-refractivity contribution in [1.82, 2.24) is 10.6 Å². The molecule has 1 heterocycles. The van der Waals surface area contributed by atoms with Crippen molar-refractivity contribution in [2.45, 2.75) is 6.42 Å².